The summed E-state index contributed by atoms with van der Waals surface area (Å²) < 4.78 is 0. The lowest BCUT2D eigenvalue weighted by molar-refractivity contribution is 0.120. The molecule has 1 rings (SSSR count). The first-order chi connectivity index (χ1) is 7.72. The molecule has 0 radical (unpaired) electrons. The molecule has 1 unspecified atom stereocenters. The van der Waals surface area contributed by atoms with E-state index in [9.17, 15) is 5.11 Å². The normalized spacial score (nSPS) is 13.0. The number of hydrogen-bond donors (Lipinski definition) is 2. The second-order valence-corrected chi connectivity index (χ2v) is 4.23. The summed E-state index contributed by atoms with van der Waals surface area (Å²) in [6.45, 7) is 2.21. The molecule has 0 heterocycles. The molecule has 0 spiro atoms. The van der Waals surface area contributed by atoms with Crippen LogP contribution in [0.4, 0.5) is 0 Å². The molecule has 0 saturated carbocycles. The fourth-order valence-corrected chi connectivity index (χ4v) is 1.70. The lowest BCUT2D eigenvalue weighted by Gasteiger charge is -2.20. The van der Waals surface area contributed by atoms with Crippen LogP contribution in [0, 0.1) is 0 Å². The van der Waals surface area contributed by atoms with E-state index in [0.29, 0.717) is 19.5 Å². The predicted molar refractivity (Wildman–Crippen MR) is 67.3 cm³/mol. The molecule has 3 nitrogen and oxygen atoms in total. The minimum Gasteiger partial charge on any atom is -0.392 e. The molecule has 3 heteroatoms. The van der Waals surface area contributed by atoms with Gasteiger partial charge in [0, 0.05) is 13.1 Å². The number of nitrogens with two attached hydrogens (primary N) is 1. The van der Waals surface area contributed by atoms with E-state index in [4.69, 9.17) is 5.73 Å². The van der Waals surface area contributed by atoms with Crippen LogP contribution in [0.2, 0.25) is 0 Å². The van der Waals surface area contributed by atoms with Gasteiger partial charge in [0.15, 0.2) is 0 Å². The average molecular weight is 222 g/mol. The number of benzene rings is 1. The molecule has 1 aromatic rings. The van der Waals surface area contributed by atoms with E-state index < -0.39 is 0 Å². The van der Waals surface area contributed by atoms with Crippen LogP contribution in [-0.4, -0.2) is 42.8 Å². The van der Waals surface area contributed by atoms with Crippen molar-refractivity contribution in [1.29, 1.82) is 0 Å². The van der Waals surface area contributed by atoms with Crippen LogP contribution in [0.25, 0.3) is 0 Å². The van der Waals surface area contributed by atoms with Crippen LogP contribution < -0.4 is 5.73 Å². The summed E-state index contributed by atoms with van der Waals surface area (Å²) in [5, 5.41) is 9.60. The third-order valence-electron chi connectivity index (χ3n) is 2.65. The van der Waals surface area contributed by atoms with Crippen LogP contribution in [0.5, 0.6) is 0 Å². The fourth-order valence-electron chi connectivity index (χ4n) is 1.70. The van der Waals surface area contributed by atoms with Gasteiger partial charge in [0.05, 0.1) is 6.10 Å². The average Bonchev–Trinajstić information content (AvgIpc) is 2.28. The molecule has 1 atom stereocenters. The van der Waals surface area contributed by atoms with E-state index in [1.54, 1.807) is 0 Å². The van der Waals surface area contributed by atoms with Gasteiger partial charge >= 0.3 is 0 Å². The number of rotatable bonds is 7. The maximum Gasteiger partial charge on any atom is 0.0679 e. The van der Waals surface area contributed by atoms with Crippen molar-refractivity contribution in [3.8, 4) is 0 Å². The first kappa shape index (κ1) is 13.2. The molecule has 0 bridgehead atoms. The van der Waals surface area contributed by atoms with Gasteiger partial charge in [-0.2, -0.15) is 0 Å². The lowest BCUT2D eigenvalue weighted by Crippen LogP contribution is -2.32. The van der Waals surface area contributed by atoms with Crippen LogP contribution in [0.15, 0.2) is 30.3 Å². The first-order valence-electron chi connectivity index (χ1n) is 5.83. The highest BCUT2D eigenvalue weighted by Gasteiger charge is 2.06. The highest BCUT2D eigenvalue weighted by molar-refractivity contribution is 5.14. The van der Waals surface area contributed by atoms with Gasteiger partial charge in [0.2, 0.25) is 0 Å². The molecule has 90 valence electrons. The maximum absolute atomic E-state index is 9.60. The summed E-state index contributed by atoms with van der Waals surface area (Å²) in [7, 11) is 2.03. The molecule has 0 aromatic heterocycles. The van der Waals surface area contributed by atoms with Gasteiger partial charge in [-0.25, -0.2) is 0 Å². The Morgan fingerprint density at radius 3 is 2.62 bits per heavy atom. The van der Waals surface area contributed by atoms with E-state index in [2.05, 4.69) is 29.2 Å². The molecule has 0 aliphatic rings. The molecule has 0 amide bonds. The molecular formula is C13H22N2O. The van der Waals surface area contributed by atoms with Gasteiger partial charge in [0.25, 0.3) is 0 Å². The van der Waals surface area contributed by atoms with E-state index in [1.807, 2.05) is 13.1 Å². The van der Waals surface area contributed by atoms with Gasteiger partial charge in [-0.15, -0.1) is 0 Å². The lowest BCUT2D eigenvalue weighted by atomic mass is 10.1. The zero-order valence-corrected chi connectivity index (χ0v) is 9.97. The van der Waals surface area contributed by atoms with Gasteiger partial charge in [0.1, 0.15) is 0 Å². The van der Waals surface area contributed by atoms with E-state index in [1.165, 1.54) is 5.56 Å². The number of likely N-dealkylation sites (N-methyl/N-ethyl adjacent to an activating group) is 1. The van der Waals surface area contributed by atoms with Crippen molar-refractivity contribution < 1.29 is 5.11 Å². The smallest absolute Gasteiger partial charge is 0.0679 e. The monoisotopic (exact) mass is 222 g/mol. The standard InChI is InChI=1S/C13H22N2O/c1-15(11-13(16)7-9-14)10-8-12-5-3-2-4-6-12/h2-6,13,16H,7-11,14H2,1H3. The van der Waals surface area contributed by atoms with Gasteiger partial charge in [-0.05, 0) is 32.0 Å². The van der Waals surface area contributed by atoms with Gasteiger partial charge in [-0.1, -0.05) is 30.3 Å². The number of nitrogens with zero attached hydrogens (tertiary/aromatic N) is 1. The molecular weight excluding hydrogens is 200 g/mol. The summed E-state index contributed by atoms with van der Waals surface area (Å²) in [5.41, 5.74) is 6.73. The van der Waals surface area contributed by atoms with Crippen LogP contribution >= 0.6 is 0 Å². The zero-order chi connectivity index (χ0) is 11.8. The fraction of sp³-hybridized carbons (Fsp3) is 0.538. The second kappa shape index (κ2) is 7.39. The molecule has 0 aliphatic heterocycles. The third-order valence-corrected chi connectivity index (χ3v) is 2.65. The van der Waals surface area contributed by atoms with Crippen molar-refractivity contribution in [3.05, 3.63) is 35.9 Å². The third kappa shape index (κ3) is 5.26. The molecule has 3 N–H and O–H groups in total. The summed E-state index contributed by atoms with van der Waals surface area (Å²) in [6, 6.07) is 10.4. The molecule has 0 fully saturated rings. The van der Waals surface area contributed by atoms with Crippen LogP contribution in [0.3, 0.4) is 0 Å². The Hall–Kier alpha value is -0.900. The number of hydrogen-bond acceptors (Lipinski definition) is 3. The minimum atomic E-state index is -0.300. The summed E-state index contributed by atoms with van der Waals surface area (Å²) >= 11 is 0. The van der Waals surface area contributed by atoms with Crippen molar-refractivity contribution in [2.45, 2.75) is 18.9 Å². The predicted octanol–water partition coefficient (Wildman–Crippen LogP) is 0.871. The highest BCUT2D eigenvalue weighted by Crippen LogP contribution is 2.01. The quantitative estimate of drug-likeness (QED) is 0.720. The molecule has 0 saturated heterocycles. The molecule has 1 aromatic carbocycles. The largest absolute Gasteiger partial charge is 0.392 e. The van der Waals surface area contributed by atoms with Gasteiger partial charge < -0.3 is 15.7 Å². The SMILES string of the molecule is CN(CCc1ccccc1)CC(O)CCN. The van der Waals surface area contributed by atoms with E-state index in [-0.39, 0.29) is 6.10 Å². The Bertz CT molecular complexity index is 277. The summed E-state index contributed by atoms with van der Waals surface area (Å²) in [6.07, 6.45) is 1.40. The first-order valence-corrected chi connectivity index (χ1v) is 5.83. The second-order valence-electron chi connectivity index (χ2n) is 4.23. The number of aliphatic hydroxyl groups is 1. The summed E-state index contributed by atoms with van der Waals surface area (Å²) in [4.78, 5) is 2.15. The Morgan fingerprint density at radius 1 is 1.31 bits per heavy atom. The van der Waals surface area contributed by atoms with Crippen molar-refractivity contribution >= 4 is 0 Å². The highest BCUT2D eigenvalue weighted by atomic mass is 16.3. The Morgan fingerprint density at radius 2 is 2.00 bits per heavy atom. The Balaban J connectivity index is 2.22. The van der Waals surface area contributed by atoms with Crippen molar-refractivity contribution in [1.82, 2.24) is 4.90 Å². The van der Waals surface area contributed by atoms with Crippen molar-refractivity contribution in [2.24, 2.45) is 5.73 Å². The van der Waals surface area contributed by atoms with Crippen LogP contribution in [-0.2, 0) is 6.42 Å². The Kier molecular flexibility index (Phi) is 6.08. The maximum atomic E-state index is 9.60. The zero-order valence-electron chi connectivity index (χ0n) is 9.97. The van der Waals surface area contributed by atoms with Gasteiger partial charge in [-0.3, -0.25) is 0 Å². The molecule has 0 aliphatic carbocycles. The van der Waals surface area contributed by atoms with E-state index in [0.717, 1.165) is 13.0 Å². The molecule has 16 heavy (non-hydrogen) atoms. The van der Waals surface area contributed by atoms with Crippen LogP contribution in [0.1, 0.15) is 12.0 Å². The summed E-state index contributed by atoms with van der Waals surface area (Å²) in [5.74, 6) is 0. The van der Waals surface area contributed by atoms with Crippen molar-refractivity contribution in [2.75, 3.05) is 26.7 Å². The van der Waals surface area contributed by atoms with Crippen molar-refractivity contribution in [3.63, 3.8) is 0 Å². The number of aliphatic hydroxyl groups excluding tert-OH is 1. The minimum absolute atomic E-state index is 0.300. The topological polar surface area (TPSA) is 49.5 Å². The van der Waals surface area contributed by atoms with E-state index >= 15 is 0 Å². The Labute approximate surface area is 97.9 Å².